The monoisotopic (exact) mass is 334 g/mol. The van der Waals surface area contributed by atoms with Crippen molar-refractivity contribution in [2.24, 2.45) is 7.05 Å². The van der Waals surface area contributed by atoms with Crippen molar-refractivity contribution in [2.45, 2.75) is 31.8 Å². The van der Waals surface area contributed by atoms with E-state index in [1.807, 2.05) is 6.92 Å². The summed E-state index contributed by atoms with van der Waals surface area (Å²) in [7, 11) is 1.80. The van der Waals surface area contributed by atoms with Gasteiger partial charge in [-0.25, -0.2) is 8.78 Å². The van der Waals surface area contributed by atoms with Gasteiger partial charge in [0.15, 0.2) is 11.6 Å². The van der Waals surface area contributed by atoms with Crippen LogP contribution in [0.25, 0.3) is 0 Å². The van der Waals surface area contributed by atoms with Crippen molar-refractivity contribution in [1.82, 2.24) is 15.1 Å². The van der Waals surface area contributed by atoms with Crippen LogP contribution in [-0.4, -0.2) is 28.3 Å². The molecule has 5 nitrogen and oxygen atoms in total. The number of piperidine rings is 1. The molecule has 0 aliphatic carbocycles. The van der Waals surface area contributed by atoms with E-state index in [9.17, 15) is 13.6 Å². The lowest BCUT2D eigenvalue weighted by Gasteiger charge is -2.33. The molecule has 2 aromatic rings. The van der Waals surface area contributed by atoms with Gasteiger partial charge in [-0.05, 0) is 37.5 Å². The lowest BCUT2D eigenvalue weighted by molar-refractivity contribution is -0.122. The van der Waals surface area contributed by atoms with Crippen LogP contribution in [-0.2, 0) is 11.8 Å². The Hall–Kier alpha value is -2.28. The Kier molecular flexibility index (Phi) is 4.62. The SMILES string of the molecule is CC(NC1CCCN(c2cnn(C)c2)C1=O)c1ccc(F)c(F)c1. The highest BCUT2D eigenvalue weighted by Gasteiger charge is 2.31. The summed E-state index contributed by atoms with van der Waals surface area (Å²) in [6.07, 6.45) is 5.05. The Labute approximate surface area is 139 Å². The Morgan fingerprint density at radius 2 is 2.12 bits per heavy atom. The Balaban J connectivity index is 1.72. The van der Waals surface area contributed by atoms with E-state index in [1.54, 1.807) is 29.0 Å². The second kappa shape index (κ2) is 6.68. The highest BCUT2D eigenvalue weighted by atomic mass is 19.2. The van der Waals surface area contributed by atoms with Crippen LogP contribution in [0.3, 0.4) is 0 Å². The predicted molar refractivity (Wildman–Crippen MR) is 86.5 cm³/mol. The Morgan fingerprint density at radius 3 is 2.79 bits per heavy atom. The van der Waals surface area contributed by atoms with Gasteiger partial charge in [-0.1, -0.05) is 6.07 Å². The minimum absolute atomic E-state index is 0.0244. The van der Waals surface area contributed by atoms with E-state index in [2.05, 4.69) is 10.4 Å². The first-order valence-corrected chi connectivity index (χ1v) is 7.96. The van der Waals surface area contributed by atoms with Crippen LogP contribution in [0.15, 0.2) is 30.6 Å². The molecule has 2 unspecified atom stereocenters. The second-order valence-corrected chi connectivity index (χ2v) is 6.12. The summed E-state index contributed by atoms with van der Waals surface area (Å²) in [5.74, 6) is -1.78. The molecule has 1 aromatic heterocycles. The maximum Gasteiger partial charge on any atom is 0.244 e. The van der Waals surface area contributed by atoms with Gasteiger partial charge in [0.1, 0.15) is 0 Å². The maximum absolute atomic E-state index is 13.4. The van der Waals surface area contributed by atoms with Crippen molar-refractivity contribution in [2.75, 3.05) is 11.4 Å². The van der Waals surface area contributed by atoms with Crippen molar-refractivity contribution in [3.8, 4) is 0 Å². The fourth-order valence-electron chi connectivity index (χ4n) is 3.01. The smallest absolute Gasteiger partial charge is 0.244 e. The van der Waals surface area contributed by atoms with Gasteiger partial charge in [-0.15, -0.1) is 0 Å². The zero-order valence-corrected chi connectivity index (χ0v) is 13.7. The fraction of sp³-hybridized carbons (Fsp3) is 0.412. The molecule has 1 saturated heterocycles. The summed E-state index contributed by atoms with van der Waals surface area (Å²) in [4.78, 5) is 14.4. The van der Waals surface area contributed by atoms with Crippen LogP contribution >= 0.6 is 0 Å². The van der Waals surface area contributed by atoms with Crippen LogP contribution in [0, 0.1) is 11.6 Å². The molecule has 2 atom stereocenters. The van der Waals surface area contributed by atoms with Gasteiger partial charge in [0.25, 0.3) is 0 Å². The van der Waals surface area contributed by atoms with E-state index in [0.29, 0.717) is 18.5 Å². The number of halogens is 2. The van der Waals surface area contributed by atoms with Crippen molar-refractivity contribution >= 4 is 11.6 Å². The summed E-state index contributed by atoms with van der Waals surface area (Å²) in [5.41, 5.74) is 1.38. The number of amides is 1. The zero-order valence-electron chi connectivity index (χ0n) is 13.7. The molecule has 1 aliphatic rings. The van der Waals surface area contributed by atoms with E-state index in [0.717, 1.165) is 18.2 Å². The predicted octanol–water partition coefficient (Wildman–Crippen LogP) is 2.54. The third-order valence-corrected chi connectivity index (χ3v) is 4.34. The number of benzene rings is 1. The highest BCUT2D eigenvalue weighted by molar-refractivity contribution is 5.97. The normalized spacial score (nSPS) is 19.6. The summed E-state index contributed by atoms with van der Waals surface area (Å²) in [6.45, 7) is 2.49. The van der Waals surface area contributed by atoms with Gasteiger partial charge in [0.05, 0.1) is 17.9 Å². The molecule has 0 radical (unpaired) electrons. The second-order valence-electron chi connectivity index (χ2n) is 6.12. The van der Waals surface area contributed by atoms with E-state index >= 15 is 0 Å². The molecule has 1 N–H and O–H groups in total. The fourth-order valence-corrected chi connectivity index (χ4v) is 3.01. The van der Waals surface area contributed by atoms with Gasteiger partial charge >= 0.3 is 0 Å². The molecule has 24 heavy (non-hydrogen) atoms. The number of anilines is 1. The minimum Gasteiger partial charge on any atom is -0.308 e. The van der Waals surface area contributed by atoms with Crippen LogP contribution in [0.2, 0.25) is 0 Å². The molecule has 2 heterocycles. The molecule has 1 aromatic carbocycles. The van der Waals surface area contributed by atoms with E-state index < -0.39 is 11.6 Å². The zero-order chi connectivity index (χ0) is 17.3. The van der Waals surface area contributed by atoms with E-state index in [1.165, 1.54) is 12.1 Å². The van der Waals surface area contributed by atoms with Crippen LogP contribution in [0.1, 0.15) is 31.4 Å². The van der Waals surface area contributed by atoms with Crippen molar-refractivity contribution in [1.29, 1.82) is 0 Å². The van der Waals surface area contributed by atoms with Gasteiger partial charge in [0, 0.05) is 25.8 Å². The number of nitrogens with one attached hydrogen (secondary N) is 1. The number of carbonyl (C=O) groups is 1. The molecule has 0 saturated carbocycles. The lowest BCUT2D eigenvalue weighted by Crippen LogP contribution is -2.51. The third-order valence-electron chi connectivity index (χ3n) is 4.34. The highest BCUT2D eigenvalue weighted by Crippen LogP contribution is 2.23. The number of rotatable bonds is 4. The van der Waals surface area contributed by atoms with Crippen LogP contribution in [0.5, 0.6) is 0 Å². The molecule has 0 spiro atoms. The van der Waals surface area contributed by atoms with Gasteiger partial charge in [-0.3, -0.25) is 14.8 Å². The first kappa shape index (κ1) is 16.6. The third kappa shape index (κ3) is 3.31. The molecule has 1 amide bonds. The summed E-state index contributed by atoms with van der Waals surface area (Å²) in [6, 6.07) is 3.18. The molecule has 3 rings (SSSR count). The topological polar surface area (TPSA) is 50.2 Å². The van der Waals surface area contributed by atoms with Gasteiger partial charge < -0.3 is 4.90 Å². The van der Waals surface area contributed by atoms with Crippen molar-refractivity contribution < 1.29 is 13.6 Å². The summed E-state index contributed by atoms with van der Waals surface area (Å²) in [5, 5.41) is 7.33. The number of aryl methyl sites for hydroxylation is 1. The molecule has 1 aliphatic heterocycles. The van der Waals surface area contributed by atoms with Gasteiger partial charge in [0.2, 0.25) is 5.91 Å². The van der Waals surface area contributed by atoms with Crippen molar-refractivity contribution in [3.63, 3.8) is 0 Å². The molecule has 0 bridgehead atoms. The van der Waals surface area contributed by atoms with Crippen LogP contribution < -0.4 is 10.2 Å². The lowest BCUT2D eigenvalue weighted by atomic mass is 10.0. The Morgan fingerprint density at radius 1 is 1.33 bits per heavy atom. The summed E-state index contributed by atoms with van der Waals surface area (Å²) < 4.78 is 28.1. The first-order valence-electron chi connectivity index (χ1n) is 7.96. The van der Waals surface area contributed by atoms with E-state index in [4.69, 9.17) is 0 Å². The van der Waals surface area contributed by atoms with E-state index in [-0.39, 0.29) is 18.0 Å². The average molecular weight is 334 g/mol. The van der Waals surface area contributed by atoms with Crippen molar-refractivity contribution in [3.05, 3.63) is 47.8 Å². The number of hydrogen-bond donors (Lipinski definition) is 1. The Bertz CT molecular complexity index is 746. The maximum atomic E-state index is 13.4. The number of hydrogen-bond acceptors (Lipinski definition) is 3. The van der Waals surface area contributed by atoms with Crippen LogP contribution in [0.4, 0.5) is 14.5 Å². The molecule has 1 fully saturated rings. The molecule has 7 heteroatoms. The summed E-state index contributed by atoms with van der Waals surface area (Å²) >= 11 is 0. The number of nitrogens with zero attached hydrogens (tertiary/aromatic N) is 3. The quantitative estimate of drug-likeness (QED) is 0.935. The van der Waals surface area contributed by atoms with Gasteiger partial charge in [-0.2, -0.15) is 5.10 Å². The minimum atomic E-state index is -0.881. The first-order chi connectivity index (χ1) is 11.5. The molecular weight excluding hydrogens is 314 g/mol. The standard InChI is InChI=1S/C17H20F2N4O/c1-11(12-5-6-14(18)15(19)8-12)21-16-4-3-7-23(17(16)24)13-9-20-22(2)10-13/h5-6,8-11,16,21H,3-4,7H2,1-2H3. The molecular formula is C17H20F2N4O. The number of carbonyl (C=O) groups excluding carboxylic acids is 1. The molecule has 128 valence electrons. The largest absolute Gasteiger partial charge is 0.308 e. The number of aromatic nitrogens is 2. The average Bonchev–Trinajstić information content (AvgIpc) is 2.98.